The van der Waals surface area contributed by atoms with Crippen molar-refractivity contribution in [3.63, 3.8) is 0 Å². The molecular weight excluding hydrogens is 362 g/mol. The second-order valence-corrected chi connectivity index (χ2v) is 8.05. The first-order chi connectivity index (χ1) is 14.1. The zero-order chi connectivity index (χ0) is 20.4. The van der Waals surface area contributed by atoms with E-state index in [1.807, 2.05) is 0 Å². The van der Waals surface area contributed by atoms with Crippen molar-refractivity contribution in [3.8, 4) is 0 Å². The molecule has 2 aliphatic rings. The average molecular weight is 396 g/mol. The third-order valence-electron chi connectivity index (χ3n) is 6.46. The van der Waals surface area contributed by atoms with Gasteiger partial charge in [-0.1, -0.05) is 19.1 Å². The SMILES string of the molecule is CCN1CCN(c2ncnc(N3CCN(c4cccc(C)c4C)CC3)c2N)CC1. The van der Waals surface area contributed by atoms with Crippen molar-refractivity contribution in [1.82, 2.24) is 14.9 Å². The van der Waals surface area contributed by atoms with Crippen molar-refractivity contribution >= 4 is 23.0 Å². The fourth-order valence-electron chi connectivity index (χ4n) is 4.39. The first-order valence-corrected chi connectivity index (χ1v) is 10.7. The summed E-state index contributed by atoms with van der Waals surface area (Å²) in [6, 6.07) is 6.56. The van der Waals surface area contributed by atoms with E-state index >= 15 is 0 Å². The Kier molecular flexibility index (Phi) is 5.76. The van der Waals surface area contributed by atoms with Crippen LogP contribution in [-0.4, -0.2) is 73.8 Å². The molecule has 7 nitrogen and oxygen atoms in total. The van der Waals surface area contributed by atoms with E-state index in [9.17, 15) is 0 Å². The number of hydrogen-bond acceptors (Lipinski definition) is 7. The topological polar surface area (TPSA) is 64.8 Å². The van der Waals surface area contributed by atoms with Gasteiger partial charge in [0.2, 0.25) is 0 Å². The summed E-state index contributed by atoms with van der Waals surface area (Å²) in [6.07, 6.45) is 1.67. The Labute approximate surface area is 174 Å². The van der Waals surface area contributed by atoms with Crippen LogP contribution in [0.15, 0.2) is 24.5 Å². The molecule has 0 radical (unpaired) electrons. The number of nitrogens with zero attached hydrogens (tertiary/aromatic N) is 6. The Balaban J connectivity index is 1.46. The minimum atomic E-state index is 0.720. The third kappa shape index (κ3) is 3.96. The quantitative estimate of drug-likeness (QED) is 0.851. The van der Waals surface area contributed by atoms with Gasteiger partial charge in [0, 0.05) is 58.0 Å². The van der Waals surface area contributed by atoms with Crippen LogP contribution in [0.5, 0.6) is 0 Å². The van der Waals surface area contributed by atoms with Crippen LogP contribution in [0.4, 0.5) is 23.0 Å². The number of benzene rings is 1. The van der Waals surface area contributed by atoms with Crippen molar-refractivity contribution in [3.05, 3.63) is 35.7 Å². The molecule has 3 heterocycles. The van der Waals surface area contributed by atoms with Crippen molar-refractivity contribution in [2.24, 2.45) is 0 Å². The van der Waals surface area contributed by atoms with Gasteiger partial charge in [0.1, 0.15) is 12.0 Å². The molecule has 2 saturated heterocycles. The summed E-state index contributed by atoms with van der Waals surface area (Å²) in [6.45, 7) is 15.5. The maximum Gasteiger partial charge on any atom is 0.157 e. The molecule has 2 aliphatic heterocycles. The van der Waals surface area contributed by atoms with Gasteiger partial charge in [-0.05, 0) is 37.6 Å². The second kappa shape index (κ2) is 8.45. The van der Waals surface area contributed by atoms with Crippen molar-refractivity contribution in [2.75, 3.05) is 79.3 Å². The fraction of sp³-hybridized carbons (Fsp3) is 0.545. The van der Waals surface area contributed by atoms with E-state index in [0.29, 0.717) is 0 Å². The lowest BCUT2D eigenvalue weighted by molar-refractivity contribution is 0.270. The maximum atomic E-state index is 6.57. The van der Waals surface area contributed by atoms with Crippen LogP contribution in [-0.2, 0) is 0 Å². The molecule has 0 atom stereocenters. The Morgan fingerprint density at radius 2 is 1.38 bits per heavy atom. The van der Waals surface area contributed by atoms with Gasteiger partial charge < -0.3 is 25.3 Å². The molecule has 0 saturated carbocycles. The molecule has 2 fully saturated rings. The number of aromatic nitrogens is 2. The normalized spacial score (nSPS) is 18.4. The molecule has 7 heteroatoms. The molecule has 0 aliphatic carbocycles. The summed E-state index contributed by atoms with van der Waals surface area (Å²) >= 11 is 0. The first kappa shape index (κ1) is 19.8. The lowest BCUT2D eigenvalue weighted by atomic mass is 10.1. The highest BCUT2D eigenvalue weighted by atomic mass is 15.3. The van der Waals surface area contributed by atoms with E-state index in [0.717, 1.165) is 76.2 Å². The summed E-state index contributed by atoms with van der Waals surface area (Å²) in [5.41, 5.74) is 11.3. The predicted octanol–water partition coefficient (Wildman–Crippen LogP) is 2.14. The number of rotatable bonds is 4. The number of nitrogen functional groups attached to an aromatic ring is 1. The van der Waals surface area contributed by atoms with Gasteiger partial charge in [0.25, 0.3) is 0 Å². The van der Waals surface area contributed by atoms with Crippen LogP contribution in [0.1, 0.15) is 18.1 Å². The van der Waals surface area contributed by atoms with Crippen molar-refractivity contribution in [1.29, 1.82) is 0 Å². The Hall–Kier alpha value is -2.54. The second-order valence-electron chi connectivity index (χ2n) is 8.05. The molecule has 0 unspecified atom stereocenters. The van der Waals surface area contributed by atoms with Crippen LogP contribution < -0.4 is 20.4 Å². The van der Waals surface area contributed by atoms with Gasteiger partial charge in [0.15, 0.2) is 11.6 Å². The van der Waals surface area contributed by atoms with Crippen LogP contribution in [0.3, 0.4) is 0 Å². The molecule has 29 heavy (non-hydrogen) atoms. The zero-order valence-corrected chi connectivity index (χ0v) is 17.9. The van der Waals surface area contributed by atoms with E-state index in [2.05, 4.69) is 68.5 Å². The van der Waals surface area contributed by atoms with Crippen LogP contribution >= 0.6 is 0 Å². The molecule has 1 aromatic carbocycles. The number of likely N-dealkylation sites (N-methyl/N-ethyl adjacent to an activating group) is 1. The highest BCUT2D eigenvalue weighted by Gasteiger charge is 2.25. The van der Waals surface area contributed by atoms with Gasteiger partial charge in [0.05, 0.1) is 0 Å². The summed E-state index contributed by atoms with van der Waals surface area (Å²) in [7, 11) is 0. The van der Waals surface area contributed by atoms with E-state index in [1.165, 1.54) is 16.8 Å². The molecule has 0 spiro atoms. The van der Waals surface area contributed by atoms with E-state index in [-0.39, 0.29) is 0 Å². The first-order valence-electron chi connectivity index (χ1n) is 10.7. The number of piperazine rings is 2. The standard InChI is InChI=1S/C22H33N7/c1-4-26-8-10-28(11-9-26)21-20(23)22(25-16-24-21)29-14-12-27(13-15-29)19-7-5-6-17(2)18(19)3/h5-7,16H,4,8-15,23H2,1-3H3. The largest absolute Gasteiger partial charge is 0.393 e. The number of nitrogens with two attached hydrogens (primary N) is 1. The Morgan fingerprint density at radius 1 is 0.828 bits per heavy atom. The molecule has 156 valence electrons. The van der Waals surface area contributed by atoms with Gasteiger partial charge in [-0.15, -0.1) is 0 Å². The summed E-state index contributed by atoms with van der Waals surface area (Å²) < 4.78 is 0. The number of hydrogen-bond donors (Lipinski definition) is 1. The highest BCUT2D eigenvalue weighted by molar-refractivity contribution is 5.76. The molecular formula is C22H33N7. The lowest BCUT2D eigenvalue weighted by Crippen LogP contribution is -2.48. The minimum Gasteiger partial charge on any atom is -0.393 e. The maximum absolute atomic E-state index is 6.57. The van der Waals surface area contributed by atoms with E-state index in [4.69, 9.17) is 5.73 Å². The van der Waals surface area contributed by atoms with Gasteiger partial charge in [-0.3, -0.25) is 0 Å². The predicted molar refractivity (Wildman–Crippen MR) is 121 cm³/mol. The fourth-order valence-corrected chi connectivity index (χ4v) is 4.39. The minimum absolute atomic E-state index is 0.720. The number of aryl methyl sites for hydroxylation is 1. The summed E-state index contributed by atoms with van der Waals surface area (Å²) in [5.74, 6) is 1.77. The lowest BCUT2D eigenvalue weighted by Gasteiger charge is -2.39. The van der Waals surface area contributed by atoms with E-state index < -0.39 is 0 Å². The monoisotopic (exact) mass is 395 g/mol. The van der Waals surface area contributed by atoms with Crippen molar-refractivity contribution < 1.29 is 0 Å². The van der Waals surface area contributed by atoms with Crippen LogP contribution in [0, 0.1) is 13.8 Å². The zero-order valence-electron chi connectivity index (χ0n) is 17.9. The Bertz CT molecular complexity index is 837. The third-order valence-corrected chi connectivity index (χ3v) is 6.46. The molecule has 4 rings (SSSR count). The molecule has 0 amide bonds. The summed E-state index contributed by atoms with van der Waals surface area (Å²) in [5, 5.41) is 0. The van der Waals surface area contributed by atoms with Crippen LogP contribution in [0.25, 0.3) is 0 Å². The highest BCUT2D eigenvalue weighted by Crippen LogP contribution is 2.31. The average Bonchev–Trinajstić information content (AvgIpc) is 2.76. The molecule has 2 N–H and O–H groups in total. The van der Waals surface area contributed by atoms with Crippen molar-refractivity contribution in [2.45, 2.75) is 20.8 Å². The van der Waals surface area contributed by atoms with Gasteiger partial charge >= 0.3 is 0 Å². The smallest absolute Gasteiger partial charge is 0.157 e. The van der Waals surface area contributed by atoms with Crippen LogP contribution in [0.2, 0.25) is 0 Å². The van der Waals surface area contributed by atoms with E-state index in [1.54, 1.807) is 6.33 Å². The van der Waals surface area contributed by atoms with Gasteiger partial charge in [-0.25, -0.2) is 9.97 Å². The number of anilines is 4. The molecule has 2 aromatic rings. The summed E-state index contributed by atoms with van der Waals surface area (Å²) in [4.78, 5) is 18.6. The molecule has 1 aromatic heterocycles. The van der Waals surface area contributed by atoms with Gasteiger partial charge in [-0.2, -0.15) is 0 Å². The molecule has 0 bridgehead atoms. The Morgan fingerprint density at radius 3 is 1.97 bits per heavy atom.